The molecule has 5 heteroatoms. The lowest BCUT2D eigenvalue weighted by atomic mass is 10.2. The number of hydrogen-bond donors (Lipinski definition) is 1. The minimum Gasteiger partial charge on any atom is -0.301 e. The van der Waals surface area contributed by atoms with Gasteiger partial charge in [0.25, 0.3) is 5.91 Å². The molecule has 0 radical (unpaired) electrons. The molecule has 112 valence electrons. The molecule has 1 N–H and O–H groups in total. The number of aromatic nitrogens is 1. The smallest absolute Gasteiger partial charge is 0.251 e. The zero-order valence-electron chi connectivity index (χ0n) is 12.3. The molecular formula is C17H17N3O2. The van der Waals surface area contributed by atoms with Gasteiger partial charge in [-0.05, 0) is 36.8 Å². The van der Waals surface area contributed by atoms with Gasteiger partial charge in [-0.25, -0.2) is 4.90 Å². The van der Waals surface area contributed by atoms with Gasteiger partial charge in [-0.15, -0.1) is 0 Å². The summed E-state index contributed by atoms with van der Waals surface area (Å²) in [6, 6.07) is 10.7. The monoisotopic (exact) mass is 295 g/mol. The lowest BCUT2D eigenvalue weighted by Crippen LogP contribution is -2.38. The Morgan fingerprint density at radius 2 is 1.82 bits per heavy atom. The van der Waals surface area contributed by atoms with Gasteiger partial charge >= 0.3 is 0 Å². The van der Waals surface area contributed by atoms with Crippen LogP contribution in [-0.2, 0) is 16.1 Å². The minimum atomic E-state index is -0.470. The number of amides is 2. The van der Waals surface area contributed by atoms with E-state index < -0.39 is 6.04 Å². The van der Waals surface area contributed by atoms with Crippen molar-refractivity contribution in [3.63, 3.8) is 0 Å². The predicted octanol–water partition coefficient (Wildman–Crippen LogP) is 1.81. The number of pyridine rings is 1. The normalized spacial score (nSPS) is 18.0. The van der Waals surface area contributed by atoms with Crippen molar-refractivity contribution in [3.05, 3.63) is 59.9 Å². The number of anilines is 1. The van der Waals surface area contributed by atoms with Gasteiger partial charge in [0.15, 0.2) is 0 Å². The Bertz CT molecular complexity index is 683. The second-order valence-corrected chi connectivity index (χ2v) is 5.40. The fourth-order valence-corrected chi connectivity index (χ4v) is 2.50. The summed E-state index contributed by atoms with van der Waals surface area (Å²) in [5.74, 6) is -0.357. The molecule has 1 aliphatic rings. The van der Waals surface area contributed by atoms with E-state index in [0.717, 1.165) is 11.1 Å². The highest BCUT2D eigenvalue weighted by Gasteiger charge is 2.39. The van der Waals surface area contributed by atoms with Crippen LogP contribution in [0.1, 0.15) is 17.5 Å². The first kappa shape index (κ1) is 14.4. The molecule has 1 atom stereocenters. The number of hydrogen-bond acceptors (Lipinski definition) is 4. The van der Waals surface area contributed by atoms with Crippen LogP contribution in [0, 0.1) is 6.92 Å². The molecule has 0 saturated carbocycles. The van der Waals surface area contributed by atoms with Gasteiger partial charge in [0.1, 0.15) is 0 Å². The van der Waals surface area contributed by atoms with Crippen LogP contribution < -0.4 is 10.2 Å². The van der Waals surface area contributed by atoms with Gasteiger partial charge in [0, 0.05) is 18.9 Å². The minimum absolute atomic E-state index is 0.166. The van der Waals surface area contributed by atoms with E-state index in [9.17, 15) is 9.59 Å². The highest BCUT2D eigenvalue weighted by molar-refractivity contribution is 6.22. The average molecular weight is 295 g/mol. The largest absolute Gasteiger partial charge is 0.301 e. The molecule has 1 aromatic carbocycles. The molecule has 1 unspecified atom stereocenters. The Kier molecular flexibility index (Phi) is 3.98. The SMILES string of the molecule is Cc1ccc(N2C(=O)CC(NCc3ccncc3)C2=O)cc1. The van der Waals surface area contributed by atoms with Crippen molar-refractivity contribution in [1.82, 2.24) is 10.3 Å². The van der Waals surface area contributed by atoms with Crippen LogP contribution >= 0.6 is 0 Å². The summed E-state index contributed by atoms with van der Waals surface area (Å²) in [6.07, 6.45) is 3.60. The molecule has 0 bridgehead atoms. The maximum Gasteiger partial charge on any atom is 0.251 e. The third-order valence-corrected chi connectivity index (χ3v) is 3.74. The molecular weight excluding hydrogens is 278 g/mol. The van der Waals surface area contributed by atoms with E-state index in [0.29, 0.717) is 12.2 Å². The lowest BCUT2D eigenvalue weighted by Gasteiger charge is -2.15. The molecule has 1 saturated heterocycles. The quantitative estimate of drug-likeness (QED) is 0.874. The number of nitrogens with one attached hydrogen (secondary N) is 1. The van der Waals surface area contributed by atoms with E-state index in [1.807, 2.05) is 31.2 Å². The molecule has 2 heterocycles. The van der Waals surface area contributed by atoms with Crippen LogP contribution in [0.25, 0.3) is 0 Å². The average Bonchev–Trinajstić information content (AvgIpc) is 2.82. The Morgan fingerprint density at radius 1 is 1.14 bits per heavy atom. The standard InChI is InChI=1S/C17H17N3O2/c1-12-2-4-14(5-3-12)20-16(21)10-15(17(20)22)19-11-13-6-8-18-9-7-13/h2-9,15,19H,10-11H2,1H3. The van der Waals surface area contributed by atoms with Gasteiger partial charge in [0.05, 0.1) is 18.2 Å². The number of imide groups is 1. The van der Waals surface area contributed by atoms with E-state index in [2.05, 4.69) is 10.3 Å². The summed E-state index contributed by atoms with van der Waals surface area (Å²) in [6.45, 7) is 2.50. The number of nitrogens with zero attached hydrogens (tertiary/aromatic N) is 2. The van der Waals surface area contributed by atoms with Crippen molar-refractivity contribution < 1.29 is 9.59 Å². The molecule has 0 aliphatic carbocycles. The van der Waals surface area contributed by atoms with Crippen molar-refractivity contribution in [2.75, 3.05) is 4.90 Å². The van der Waals surface area contributed by atoms with Gasteiger partial charge < -0.3 is 5.32 Å². The molecule has 2 amide bonds. The van der Waals surface area contributed by atoms with E-state index in [1.54, 1.807) is 24.5 Å². The maximum atomic E-state index is 12.5. The first-order valence-electron chi connectivity index (χ1n) is 7.21. The van der Waals surface area contributed by atoms with E-state index >= 15 is 0 Å². The summed E-state index contributed by atoms with van der Waals surface area (Å²) < 4.78 is 0. The second-order valence-electron chi connectivity index (χ2n) is 5.40. The van der Waals surface area contributed by atoms with Gasteiger partial charge in [-0.2, -0.15) is 0 Å². The molecule has 1 aromatic heterocycles. The summed E-state index contributed by atoms with van der Waals surface area (Å²) >= 11 is 0. The van der Waals surface area contributed by atoms with Crippen molar-refractivity contribution in [2.45, 2.75) is 25.9 Å². The number of aryl methyl sites for hydroxylation is 1. The highest BCUT2D eigenvalue weighted by atomic mass is 16.2. The fourth-order valence-electron chi connectivity index (χ4n) is 2.50. The van der Waals surface area contributed by atoms with Crippen LogP contribution in [0.4, 0.5) is 5.69 Å². The first-order chi connectivity index (χ1) is 10.6. The van der Waals surface area contributed by atoms with Crippen molar-refractivity contribution in [1.29, 1.82) is 0 Å². The van der Waals surface area contributed by atoms with Crippen molar-refractivity contribution in [3.8, 4) is 0 Å². The number of carbonyl (C=O) groups excluding carboxylic acids is 2. The Labute approximate surface area is 129 Å². The summed E-state index contributed by atoms with van der Waals surface area (Å²) in [7, 11) is 0. The van der Waals surface area contributed by atoms with E-state index in [4.69, 9.17) is 0 Å². The third-order valence-electron chi connectivity index (χ3n) is 3.74. The summed E-state index contributed by atoms with van der Waals surface area (Å²) in [5, 5.41) is 3.15. The number of benzene rings is 1. The zero-order valence-corrected chi connectivity index (χ0v) is 12.3. The number of rotatable bonds is 4. The first-order valence-corrected chi connectivity index (χ1v) is 7.21. The van der Waals surface area contributed by atoms with Crippen molar-refractivity contribution in [2.24, 2.45) is 0 Å². The van der Waals surface area contributed by atoms with E-state index in [-0.39, 0.29) is 18.2 Å². The van der Waals surface area contributed by atoms with Gasteiger partial charge in [0.2, 0.25) is 5.91 Å². The topological polar surface area (TPSA) is 62.3 Å². The van der Waals surface area contributed by atoms with Crippen LogP contribution in [0.2, 0.25) is 0 Å². The summed E-state index contributed by atoms with van der Waals surface area (Å²) in [4.78, 5) is 29.8. The third kappa shape index (κ3) is 2.89. The molecule has 5 nitrogen and oxygen atoms in total. The molecule has 2 aromatic rings. The van der Waals surface area contributed by atoms with Crippen LogP contribution in [0.3, 0.4) is 0 Å². The predicted molar refractivity (Wildman–Crippen MR) is 83.2 cm³/mol. The molecule has 1 aliphatic heterocycles. The van der Waals surface area contributed by atoms with Crippen molar-refractivity contribution >= 4 is 17.5 Å². The zero-order chi connectivity index (χ0) is 15.5. The second kappa shape index (κ2) is 6.07. The van der Waals surface area contributed by atoms with E-state index in [1.165, 1.54) is 4.90 Å². The van der Waals surface area contributed by atoms with Crippen LogP contribution in [-0.4, -0.2) is 22.8 Å². The highest BCUT2D eigenvalue weighted by Crippen LogP contribution is 2.23. The molecule has 0 spiro atoms. The van der Waals surface area contributed by atoms with Crippen LogP contribution in [0.15, 0.2) is 48.8 Å². The van der Waals surface area contributed by atoms with Gasteiger partial charge in [-0.1, -0.05) is 17.7 Å². The molecule has 22 heavy (non-hydrogen) atoms. The Hall–Kier alpha value is -2.53. The lowest BCUT2D eigenvalue weighted by molar-refractivity contribution is -0.121. The Morgan fingerprint density at radius 3 is 2.50 bits per heavy atom. The molecule has 3 rings (SSSR count). The van der Waals surface area contributed by atoms with Crippen LogP contribution in [0.5, 0.6) is 0 Å². The fraction of sp³-hybridized carbons (Fsp3) is 0.235. The summed E-state index contributed by atoms with van der Waals surface area (Å²) in [5.41, 5.74) is 2.76. The number of carbonyl (C=O) groups is 2. The van der Waals surface area contributed by atoms with Gasteiger partial charge in [-0.3, -0.25) is 14.6 Å². The Balaban J connectivity index is 1.70. The molecule has 1 fully saturated rings. The maximum absolute atomic E-state index is 12.5.